The SMILES string of the molecule is O=C(c1cccc(CN2C(=O)c3ccccc3C2=O)c1)N(Cc1ccco1)Cc1ccco1. The highest BCUT2D eigenvalue weighted by Crippen LogP contribution is 2.25. The lowest BCUT2D eigenvalue weighted by Crippen LogP contribution is -2.31. The van der Waals surface area contributed by atoms with Crippen LogP contribution < -0.4 is 0 Å². The average Bonchev–Trinajstić information content (AvgIpc) is 3.59. The van der Waals surface area contributed by atoms with E-state index in [9.17, 15) is 14.4 Å². The number of hydrogen-bond acceptors (Lipinski definition) is 5. The summed E-state index contributed by atoms with van der Waals surface area (Å²) in [5.74, 6) is 0.426. The van der Waals surface area contributed by atoms with Crippen molar-refractivity contribution in [2.75, 3.05) is 0 Å². The second-order valence-corrected chi connectivity index (χ2v) is 7.76. The molecule has 0 spiro atoms. The predicted octanol–water partition coefficient (Wildman–Crippen LogP) is 4.51. The first-order chi connectivity index (χ1) is 16.1. The third-order valence-corrected chi connectivity index (χ3v) is 5.53. The van der Waals surface area contributed by atoms with Gasteiger partial charge >= 0.3 is 0 Å². The molecule has 0 unspecified atom stereocenters. The van der Waals surface area contributed by atoms with Crippen LogP contribution in [0.15, 0.2) is 94.2 Å². The van der Waals surface area contributed by atoms with Gasteiger partial charge in [0.15, 0.2) is 0 Å². The van der Waals surface area contributed by atoms with E-state index in [1.165, 1.54) is 4.90 Å². The number of benzene rings is 2. The lowest BCUT2D eigenvalue weighted by molar-refractivity contribution is 0.0642. The Balaban J connectivity index is 1.37. The van der Waals surface area contributed by atoms with Crippen LogP contribution in [-0.2, 0) is 19.6 Å². The molecule has 3 heterocycles. The molecular formula is C26H20N2O5. The standard InChI is InChI=1S/C26H20N2O5/c29-24(27(16-20-8-4-12-32-20)17-21-9-5-13-33-21)19-7-3-6-18(14-19)15-28-25(30)22-10-1-2-11-23(22)26(28)31/h1-14H,15-17H2. The van der Waals surface area contributed by atoms with E-state index in [4.69, 9.17) is 8.83 Å². The first-order valence-corrected chi connectivity index (χ1v) is 10.5. The summed E-state index contributed by atoms with van der Waals surface area (Å²) >= 11 is 0. The molecule has 7 nitrogen and oxygen atoms in total. The molecule has 164 valence electrons. The Hall–Kier alpha value is -4.39. The molecule has 2 aromatic heterocycles. The fourth-order valence-corrected chi connectivity index (χ4v) is 3.93. The van der Waals surface area contributed by atoms with Crippen molar-refractivity contribution < 1.29 is 23.2 Å². The van der Waals surface area contributed by atoms with Gasteiger partial charge < -0.3 is 13.7 Å². The topological polar surface area (TPSA) is 84.0 Å². The Labute approximate surface area is 189 Å². The van der Waals surface area contributed by atoms with Crippen LogP contribution in [0.4, 0.5) is 0 Å². The molecule has 0 fully saturated rings. The highest BCUT2D eigenvalue weighted by molar-refractivity contribution is 6.21. The van der Waals surface area contributed by atoms with Crippen molar-refractivity contribution in [1.29, 1.82) is 0 Å². The molecule has 1 aliphatic rings. The van der Waals surface area contributed by atoms with Crippen LogP contribution in [-0.4, -0.2) is 27.5 Å². The zero-order valence-corrected chi connectivity index (χ0v) is 17.6. The van der Waals surface area contributed by atoms with Crippen molar-refractivity contribution in [3.8, 4) is 0 Å². The molecule has 5 rings (SSSR count). The van der Waals surface area contributed by atoms with Crippen LogP contribution in [0.25, 0.3) is 0 Å². The molecule has 0 saturated heterocycles. The normalized spacial score (nSPS) is 12.8. The largest absolute Gasteiger partial charge is 0.467 e. The van der Waals surface area contributed by atoms with Crippen LogP contribution in [0.5, 0.6) is 0 Å². The van der Waals surface area contributed by atoms with Crippen LogP contribution >= 0.6 is 0 Å². The summed E-state index contributed by atoms with van der Waals surface area (Å²) in [6, 6.07) is 20.9. The number of hydrogen-bond donors (Lipinski definition) is 0. The van der Waals surface area contributed by atoms with Gasteiger partial charge in [0.2, 0.25) is 0 Å². The van der Waals surface area contributed by atoms with E-state index in [0.717, 1.165) is 0 Å². The van der Waals surface area contributed by atoms with E-state index in [2.05, 4.69) is 0 Å². The summed E-state index contributed by atoms with van der Waals surface area (Å²) in [6.45, 7) is 0.633. The highest BCUT2D eigenvalue weighted by atomic mass is 16.3. The second kappa shape index (κ2) is 8.63. The third kappa shape index (κ3) is 4.08. The quantitative estimate of drug-likeness (QED) is 0.395. The van der Waals surface area contributed by atoms with E-state index in [-0.39, 0.29) is 37.4 Å². The summed E-state index contributed by atoms with van der Waals surface area (Å²) < 4.78 is 10.9. The third-order valence-electron chi connectivity index (χ3n) is 5.53. The van der Waals surface area contributed by atoms with Crippen molar-refractivity contribution in [2.24, 2.45) is 0 Å². The number of amides is 3. The maximum absolute atomic E-state index is 13.4. The Bertz CT molecular complexity index is 1240. The average molecular weight is 440 g/mol. The van der Waals surface area contributed by atoms with Gasteiger partial charge in [0, 0.05) is 5.56 Å². The molecule has 33 heavy (non-hydrogen) atoms. The van der Waals surface area contributed by atoms with Gasteiger partial charge in [0.1, 0.15) is 11.5 Å². The van der Waals surface area contributed by atoms with E-state index in [1.807, 2.05) is 0 Å². The highest BCUT2D eigenvalue weighted by Gasteiger charge is 2.35. The number of imide groups is 1. The molecule has 3 amide bonds. The molecule has 0 radical (unpaired) electrons. The lowest BCUT2D eigenvalue weighted by Gasteiger charge is -2.21. The Morgan fingerprint density at radius 1 is 0.758 bits per heavy atom. The maximum Gasteiger partial charge on any atom is 0.261 e. The molecule has 2 aromatic carbocycles. The number of carbonyl (C=O) groups excluding carboxylic acids is 3. The molecule has 1 aliphatic heterocycles. The Kier molecular flexibility index (Phi) is 5.36. The van der Waals surface area contributed by atoms with Crippen molar-refractivity contribution >= 4 is 17.7 Å². The summed E-state index contributed by atoms with van der Waals surface area (Å²) in [7, 11) is 0. The number of fused-ring (bicyclic) bond motifs is 1. The number of rotatable bonds is 7. The molecule has 0 atom stereocenters. The van der Waals surface area contributed by atoms with Crippen molar-refractivity contribution in [1.82, 2.24) is 9.80 Å². The van der Waals surface area contributed by atoms with Crippen LogP contribution in [0.3, 0.4) is 0 Å². The molecule has 0 bridgehead atoms. The van der Waals surface area contributed by atoms with Crippen molar-refractivity contribution in [3.05, 3.63) is 119 Å². The first kappa shape index (κ1) is 20.5. The molecule has 4 aromatic rings. The monoisotopic (exact) mass is 440 g/mol. The lowest BCUT2D eigenvalue weighted by atomic mass is 10.1. The molecule has 0 saturated carbocycles. The van der Waals surface area contributed by atoms with Crippen LogP contribution in [0, 0.1) is 0 Å². The molecular weight excluding hydrogens is 420 g/mol. The minimum atomic E-state index is -0.329. The van der Waals surface area contributed by atoms with Gasteiger partial charge in [-0.05, 0) is 54.1 Å². The van der Waals surface area contributed by atoms with Crippen LogP contribution in [0.2, 0.25) is 0 Å². The number of furan rings is 2. The fourth-order valence-electron chi connectivity index (χ4n) is 3.93. The fraction of sp³-hybridized carbons (Fsp3) is 0.115. The van der Waals surface area contributed by atoms with Gasteiger partial charge in [0.05, 0.1) is 43.3 Å². The van der Waals surface area contributed by atoms with E-state index in [1.54, 1.807) is 90.2 Å². The summed E-state index contributed by atoms with van der Waals surface area (Å²) in [6.07, 6.45) is 3.13. The van der Waals surface area contributed by atoms with Gasteiger partial charge in [-0.3, -0.25) is 19.3 Å². The Morgan fingerprint density at radius 2 is 1.36 bits per heavy atom. The van der Waals surface area contributed by atoms with E-state index < -0.39 is 0 Å². The smallest absolute Gasteiger partial charge is 0.261 e. The first-order valence-electron chi connectivity index (χ1n) is 10.5. The minimum absolute atomic E-state index is 0.0871. The predicted molar refractivity (Wildman–Crippen MR) is 118 cm³/mol. The van der Waals surface area contributed by atoms with Gasteiger partial charge in [-0.1, -0.05) is 24.3 Å². The Morgan fingerprint density at radius 3 is 1.91 bits per heavy atom. The van der Waals surface area contributed by atoms with Gasteiger partial charge in [-0.15, -0.1) is 0 Å². The molecule has 0 N–H and O–H groups in total. The van der Waals surface area contributed by atoms with E-state index in [0.29, 0.717) is 33.8 Å². The van der Waals surface area contributed by atoms with Crippen LogP contribution in [0.1, 0.15) is 48.2 Å². The summed E-state index contributed by atoms with van der Waals surface area (Å²) in [5.41, 5.74) is 1.93. The van der Waals surface area contributed by atoms with Gasteiger partial charge in [0.25, 0.3) is 17.7 Å². The second-order valence-electron chi connectivity index (χ2n) is 7.76. The summed E-state index contributed by atoms with van der Waals surface area (Å²) in [4.78, 5) is 41.6. The van der Waals surface area contributed by atoms with E-state index >= 15 is 0 Å². The van der Waals surface area contributed by atoms with Crippen molar-refractivity contribution in [2.45, 2.75) is 19.6 Å². The zero-order valence-electron chi connectivity index (χ0n) is 17.6. The molecule has 0 aliphatic carbocycles. The summed E-state index contributed by atoms with van der Waals surface area (Å²) in [5, 5.41) is 0. The van der Waals surface area contributed by atoms with Gasteiger partial charge in [-0.25, -0.2) is 0 Å². The van der Waals surface area contributed by atoms with Gasteiger partial charge in [-0.2, -0.15) is 0 Å². The number of nitrogens with zero attached hydrogens (tertiary/aromatic N) is 2. The molecule has 7 heteroatoms. The zero-order chi connectivity index (χ0) is 22.8. The number of carbonyl (C=O) groups is 3. The minimum Gasteiger partial charge on any atom is -0.467 e. The maximum atomic E-state index is 13.4. The van der Waals surface area contributed by atoms with Crippen molar-refractivity contribution in [3.63, 3.8) is 0 Å².